The quantitative estimate of drug-likeness (QED) is 0.757. The Morgan fingerprint density at radius 1 is 1.56 bits per heavy atom. The minimum atomic E-state index is -0.242. The molecule has 2 rings (SSSR count). The summed E-state index contributed by atoms with van der Waals surface area (Å²) in [4.78, 5) is 19.6. The molecule has 0 amide bonds. The largest absolute Gasteiger partial charge is 0.291 e. The van der Waals surface area contributed by atoms with E-state index in [0.29, 0.717) is 5.69 Å². The molecule has 0 unspecified atom stereocenters. The minimum Gasteiger partial charge on any atom is -0.291 e. The van der Waals surface area contributed by atoms with Gasteiger partial charge in [-0.2, -0.15) is 5.26 Å². The zero-order valence-electron chi connectivity index (χ0n) is 8.25. The molecule has 0 fully saturated rings. The van der Waals surface area contributed by atoms with Crippen LogP contribution < -0.4 is 0 Å². The van der Waals surface area contributed by atoms with E-state index in [2.05, 4.69) is 9.97 Å². The van der Waals surface area contributed by atoms with Crippen LogP contribution in [0.25, 0.3) is 10.6 Å². The fourth-order valence-electron chi connectivity index (χ4n) is 1.19. The van der Waals surface area contributed by atoms with E-state index in [0.717, 1.165) is 10.6 Å². The Balaban J connectivity index is 2.27. The molecule has 0 N–H and O–H groups in total. The van der Waals surface area contributed by atoms with Gasteiger partial charge in [0.2, 0.25) is 0 Å². The van der Waals surface area contributed by atoms with Crippen molar-refractivity contribution in [2.45, 2.75) is 6.42 Å². The maximum atomic E-state index is 11.4. The SMILES string of the molecule is N#CCC(=O)c1csc(-c2cccnc2)n1. The summed E-state index contributed by atoms with van der Waals surface area (Å²) in [5, 5.41) is 10.8. The summed E-state index contributed by atoms with van der Waals surface area (Å²) in [5.41, 5.74) is 1.23. The zero-order valence-corrected chi connectivity index (χ0v) is 9.07. The van der Waals surface area contributed by atoms with Crippen molar-refractivity contribution in [2.24, 2.45) is 0 Å². The second-order valence-corrected chi connectivity index (χ2v) is 3.90. The molecule has 0 aliphatic carbocycles. The topological polar surface area (TPSA) is 66.6 Å². The Morgan fingerprint density at radius 2 is 2.44 bits per heavy atom. The van der Waals surface area contributed by atoms with E-state index in [-0.39, 0.29) is 12.2 Å². The molecule has 0 aromatic carbocycles. The van der Waals surface area contributed by atoms with Crippen LogP contribution in [0.3, 0.4) is 0 Å². The number of hydrogen-bond acceptors (Lipinski definition) is 5. The first-order chi connectivity index (χ1) is 7.81. The number of rotatable bonds is 3. The molecule has 0 spiro atoms. The van der Waals surface area contributed by atoms with Crippen LogP contribution in [0.15, 0.2) is 29.9 Å². The average Bonchev–Trinajstić information content (AvgIpc) is 2.80. The molecule has 5 heteroatoms. The highest BCUT2D eigenvalue weighted by atomic mass is 32.1. The number of nitrogens with zero attached hydrogens (tertiary/aromatic N) is 3. The number of thiazole rings is 1. The fraction of sp³-hybridized carbons (Fsp3) is 0.0909. The Hall–Kier alpha value is -2.06. The van der Waals surface area contributed by atoms with Crippen LogP contribution in [-0.4, -0.2) is 15.8 Å². The molecular weight excluding hydrogens is 222 g/mol. The Bertz CT molecular complexity index is 542. The molecule has 2 aromatic heterocycles. The number of pyridine rings is 1. The summed E-state index contributed by atoms with van der Waals surface area (Å²) < 4.78 is 0. The molecule has 0 aliphatic rings. The molecule has 0 aliphatic heterocycles. The van der Waals surface area contributed by atoms with Gasteiger partial charge in [0.25, 0.3) is 0 Å². The van der Waals surface area contributed by atoms with Gasteiger partial charge in [0.1, 0.15) is 17.1 Å². The molecule has 0 radical (unpaired) electrons. The summed E-state index contributed by atoms with van der Waals surface area (Å²) >= 11 is 1.38. The molecule has 78 valence electrons. The van der Waals surface area contributed by atoms with Crippen molar-refractivity contribution in [3.8, 4) is 16.6 Å². The molecule has 0 saturated carbocycles. The van der Waals surface area contributed by atoms with Gasteiger partial charge < -0.3 is 0 Å². The first kappa shape index (κ1) is 10.5. The van der Waals surface area contributed by atoms with Crippen molar-refractivity contribution in [1.29, 1.82) is 5.26 Å². The average molecular weight is 229 g/mol. The summed E-state index contributed by atoms with van der Waals surface area (Å²) in [5.74, 6) is -0.242. The smallest absolute Gasteiger partial charge is 0.196 e. The number of nitriles is 1. The van der Waals surface area contributed by atoms with Gasteiger partial charge in [0.15, 0.2) is 5.78 Å². The van der Waals surface area contributed by atoms with Gasteiger partial charge in [-0.15, -0.1) is 11.3 Å². The highest BCUT2D eigenvalue weighted by molar-refractivity contribution is 7.13. The first-order valence-electron chi connectivity index (χ1n) is 4.57. The summed E-state index contributed by atoms with van der Waals surface area (Å²) in [6.45, 7) is 0. The highest BCUT2D eigenvalue weighted by Crippen LogP contribution is 2.22. The van der Waals surface area contributed by atoms with Crippen LogP contribution >= 0.6 is 11.3 Å². The zero-order chi connectivity index (χ0) is 11.4. The number of aromatic nitrogens is 2. The van der Waals surface area contributed by atoms with Crippen LogP contribution in [0.5, 0.6) is 0 Å². The molecule has 16 heavy (non-hydrogen) atoms. The standard InChI is InChI=1S/C11H7N3OS/c12-4-3-10(15)9-7-16-11(14-9)8-2-1-5-13-6-8/h1-2,5-7H,3H2. The van der Waals surface area contributed by atoms with Gasteiger partial charge in [-0.05, 0) is 12.1 Å². The molecule has 0 saturated heterocycles. The number of hydrogen-bond donors (Lipinski definition) is 0. The molecule has 0 bridgehead atoms. The lowest BCUT2D eigenvalue weighted by Gasteiger charge is -1.92. The van der Waals surface area contributed by atoms with E-state index in [9.17, 15) is 4.79 Å². The van der Waals surface area contributed by atoms with Crippen molar-refractivity contribution in [3.05, 3.63) is 35.6 Å². The lowest BCUT2D eigenvalue weighted by atomic mass is 10.2. The fourth-order valence-corrected chi connectivity index (χ4v) is 2.00. The lowest BCUT2D eigenvalue weighted by molar-refractivity contribution is 0.0994. The van der Waals surface area contributed by atoms with Gasteiger partial charge in [0, 0.05) is 23.3 Å². The van der Waals surface area contributed by atoms with Gasteiger partial charge in [-0.3, -0.25) is 9.78 Å². The van der Waals surface area contributed by atoms with E-state index in [4.69, 9.17) is 5.26 Å². The third-order valence-corrected chi connectivity index (χ3v) is 2.83. The Morgan fingerprint density at radius 3 is 3.12 bits per heavy atom. The number of carbonyl (C=O) groups is 1. The van der Waals surface area contributed by atoms with Crippen LogP contribution in [0.1, 0.15) is 16.9 Å². The number of carbonyl (C=O) groups excluding carboxylic acids is 1. The molecule has 4 nitrogen and oxygen atoms in total. The summed E-state index contributed by atoms with van der Waals surface area (Å²) in [6.07, 6.45) is 3.24. The van der Waals surface area contributed by atoms with Crippen LogP contribution in [0, 0.1) is 11.3 Å². The number of Topliss-reactive ketones (excluding diaryl/α,β-unsaturated/α-hetero) is 1. The van der Waals surface area contributed by atoms with Gasteiger partial charge >= 0.3 is 0 Å². The Kier molecular flexibility index (Phi) is 3.03. The lowest BCUT2D eigenvalue weighted by Crippen LogP contribution is -1.97. The van der Waals surface area contributed by atoms with E-state index >= 15 is 0 Å². The molecule has 0 atom stereocenters. The summed E-state index contributed by atoms with van der Waals surface area (Å²) in [7, 11) is 0. The third kappa shape index (κ3) is 2.12. The highest BCUT2D eigenvalue weighted by Gasteiger charge is 2.11. The van der Waals surface area contributed by atoms with E-state index in [1.807, 2.05) is 18.2 Å². The summed E-state index contributed by atoms with van der Waals surface area (Å²) in [6, 6.07) is 5.51. The van der Waals surface area contributed by atoms with Crippen molar-refractivity contribution >= 4 is 17.1 Å². The van der Waals surface area contributed by atoms with Crippen molar-refractivity contribution in [3.63, 3.8) is 0 Å². The minimum absolute atomic E-state index is 0.129. The van der Waals surface area contributed by atoms with Crippen LogP contribution in [-0.2, 0) is 0 Å². The molecule has 2 heterocycles. The van der Waals surface area contributed by atoms with Gasteiger partial charge in [-0.1, -0.05) is 0 Å². The Labute approximate surface area is 96.2 Å². The van der Waals surface area contributed by atoms with E-state index < -0.39 is 0 Å². The van der Waals surface area contributed by atoms with E-state index in [1.54, 1.807) is 17.8 Å². The van der Waals surface area contributed by atoms with Crippen LogP contribution in [0.2, 0.25) is 0 Å². The molecule has 2 aromatic rings. The second-order valence-electron chi connectivity index (χ2n) is 3.04. The van der Waals surface area contributed by atoms with Crippen molar-refractivity contribution in [2.75, 3.05) is 0 Å². The van der Waals surface area contributed by atoms with Gasteiger partial charge in [0.05, 0.1) is 6.07 Å². The number of ketones is 1. The van der Waals surface area contributed by atoms with Crippen molar-refractivity contribution in [1.82, 2.24) is 9.97 Å². The van der Waals surface area contributed by atoms with Crippen LogP contribution in [0.4, 0.5) is 0 Å². The predicted molar refractivity (Wildman–Crippen MR) is 59.9 cm³/mol. The second kappa shape index (κ2) is 4.64. The first-order valence-corrected chi connectivity index (χ1v) is 5.45. The normalized spacial score (nSPS) is 9.69. The van der Waals surface area contributed by atoms with E-state index in [1.165, 1.54) is 11.3 Å². The maximum absolute atomic E-state index is 11.4. The predicted octanol–water partition coefficient (Wildman–Crippen LogP) is 2.30. The third-order valence-electron chi connectivity index (χ3n) is 1.94. The maximum Gasteiger partial charge on any atom is 0.196 e. The van der Waals surface area contributed by atoms with Gasteiger partial charge in [-0.25, -0.2) is 4.98 Å². The van der Waals surface area contributed by atoms with Crippen molar-refractivity contribution < 1.29 is 4.79 Å². The monoisotopic (exact) mass is 229 g/mol. The molecular formula is C11H7N3OS.